The van der Waals surface area contributed by atoms with Crippen LogP contribution in [0.2, 0.25) is 0 Å². The number of hydrogen-bond donors (Lipinski definition) is 2. The maximum Gasteiger partial charge on any atom is 0.410 e. The van der Waals surface area contributed by atoms with Crippen LogP contribution in [0.3, 0.4) is 0 Å². The number of carbonyl (C=O) groups excluding carboxylic acids is 2. The summed E-state index contributed by atoms with van der Waals surface area (Å²) in [5.41, 5.74) is 2.47. The third-order valence-corrected chi connectivity index (χ3v) is 5.84. The molecule has 1 aromatic carbocycles. The van der Waals surface area contributed by atoms with Crippen LogP contribution in [0.1, 0.15) is 23.8 Å². The lowest BCUT2D eigenvalue weighted by atomic mass is 10.0. The van der Waals surface area contributed by atoms with E-state index in [9.17, 15) is 9.59 Å². The molecular weight excluding hydrogens is 438 g/mol. The second kappa shape index (κ2) is 9.52. The van der Waals surface area contributed by atoms with Crippen LogP contribution in [-0.2, 0) is 16.1 Å². The van der Waals surface area contributed by atoms with Crippen LogP contribution >= 0.6 is 0 Å². The second-order valence-corrected chi connectivity index (χ2v) is 8.09. The van der Waals surface area contributed by atoms with Crippen molar-refractivity contribution in [1.82, 2.24) is 20.2 Å². The minimum Gasteiger partial charge on any atom is -0.494 e. The molecule has 2 aliphatic heterocycles. The largest absolute Gasteiger partial charge is 0.494 e. The smallest absolute Gasteiger partial charge is 0.410 e. The molecule has 1 saturated heterocycles. The van der Waals surface area contributed by atoms with E-state index in [-0.39, 0.29) is 24.7 Å². The zero-order valence-electron chi connectivity index (χ0n) is 18.7. The zero-order valence-corrected chi connectivity index (χ0v) is 18.7. The summed E-state index contributed by atoms with van der Waals surface area (Å²) in [6.07, 6.45) is 1.81. The van der Waals surface area contributed by atoms with Gasteiger partial charge in [0, 0.05) is 30.2 Å². The summed E-state index contributed by atoms with van der Waals surface area (Å²) in [5, 5.41) is 6.95. The van der Waals surface area contributed by atoms with Gasteiger partial charge in [0.2, 0.25) is 0 Å². The lowest BCUT2D eigenvalue weighted by Crippen LogP contribution is -2.28. The molecule has 176 valence electrons. The van der Waals surface area contributed by atoms with Crippen LogP contribution in [0.4, 0.5) is 10.6 Å². The molecule has 4 heterocycles. The molecule has 10 nitrogen and oxygen atoms in total. The normalized spacial score (nSPS) is 17.2. The van der Waals surface area contributed by atoms with E-state index < -0.39 is 0 Å². The Balaban J connectivity index is 1.13. The number of methoxy groups -OCH3 is 1. The van der Waals surface area contributed by atoms with Gasteiger partial charge in [-0.3, -0.25) is 9.78 Å². The van der Waals surface area contributed by atoms with Gasteiger partial charge in [0.15, 0.2) is 18.2 Å². The first-order chi connectivity index (χ1) is 16.6. The van der Waals surface area contributed by atoms with Crippen molar-refractivity contribution in [3.63, 3.8) is 0 Å². The highest BCUT2D eigenvalue weighted by atomic mass is 16.6. The Morgan fingerprint density at radius 1 is 1.24 bits per heavy atom. The van der Waals surface area contributed by atoms with E-state index in [4.69, 9.17) is 14.2 Å². The number of carbonyl (C=O) groups is 2. The van der Waals surface area contributed by atoms with Gasteiger partial charge < -0.3 is 29.7 Å². The molecule has 0 bridgehead atoms. The van der Waals surface area contributed by atoms with Crippen molar-refractivity contribution in [3.05, 3.63) is 53.9 Å². The van der Waals surface area contributed by atoms with Crippen LogP contribution < -0.4 is 20.1 Å². The average molecular weight is 463 g/mol. The molecule has 5 rings (SSSR count). The van der Waals surface area contributed by atoms with Gasteiger partial charge in [-0.15, -0.1) is 0 Å². The topological polar surface area (TPSA) is 115 Å². The first-order valence-electron chi connectivity index (χ1n) is 11.1. The second-order valence-electron chi connectivity index (χ2n) is 8.09. The Hall–Kier alpha value is -3.92. The molecular formula is C24H25N5O5. The van der Waals surface area contributed by atoms with Gasteiger partial charge in [-0.2, -0.15) is 0 Å². The fraction of sp³-hybridized carbons (Fsp3) is 0.333. The number of aromatic nitrogens is 2. The Kier molecular flexibility index (Phi) is 6.13. The number of fused-ring (bicyclic) bond motifs is 2. The van der Waals surface area contributed by atoms with E-state index in [1.54, 1.807) is 24.3 Å². The van der Waals surface area contributed by atoms with Gasteiger partial charge in [-0.1, -0.05) is 12.1 Å². The molecule has 0 saturated carbocycles. The molecule has 2 N–H and O–H groups in total. The van der Waals surface area contributed by atoms with Gasteiger partial charge in [-0.05, 0) is 37.2 Å². The van der Waals surface area contributed by atoms with Crippen molar-refractivity contribution in [1.29, 1.82) is 0 Å². The maximum absolute atomic E-state index is 12.5. The standard InChI is InChI=1S/C24H25N5O5/c1-32-18-5-2-4-17-16(8-10-26-22(17)18)20-13-29(24(31)34-20)11-3-9-25-12-15-6-7-19-23(27-15)28-21(30)14-33-19/h2,4-8,10,20,25H,3,9,11-14H2,1H3,(H,27,28,30)/t20-/m0/s1. The number of rotatable bonds is 8. The van der Waals surface area contributed by atoms with Gasteiger partial charge in [0.1, 0.15) is 17.4 Å². The minimum atomic E-state index is -0.352. The quantitative estimate of drug-likeness (QED) is 0.490. The summed E-state index contributed by atoms with van der Waals surface area (Å²) in [7, 11) is 1.61. The SMILES string of the molecule is COc1cccc2c([C@@H]3CN(CCCNCc4ccc5c(n4)NC(=O)CO5)C(=O)O3)ccnc12. The van der Waals surface area contributed by atoms with Crippen molar-refractivity contribution >= 4 is 28.7 Å². The fourth-order valence-electron chi connectivity index (χ4n) is 4.18. The van der Waals surface area contributed by atoms with E-state index in [1.165, 1.54) is 0 Å². The van der Waals surface area contributed by atoms with Crippen molar-refractivity contribution in [2.24, 2.45) is 0 Å². The van der Waals surface area contributed by atoms with Crippen molar-refractivity contribution < 1.29 is 23.8 Å². The number of amides is 2. The van der Waals surface area contributed by atoms with Crippen molar-refractivity contribution in [3.8, 4) is 11.5 Å². The predicted octanol–water partition coefficient (Wildman–Crippen LogP) is 2.64. The van der Waals surface area contributed by atoms with Crippen LogP contribution in [0.15, 0.2) is 42.6 Å². The Morgan fingerprint density at radius 3 is 3.03 bits per heavy atom. The number of hydrogen-bond acceptors (Lipinski definition) is 8. The van der Waals surface area contributed by atoms with Gasteiger partial charge in [0.05, 0.1) is 19.3 Å². The number of ether oxygens (including phenoxy) is 3. The highest BCUT2D eigenvalue weighted by Crippen LogP contribution is 2.33. The molecule has 0 radical (unpaired) electrons. The Bertz CT molecular complexity index is 1230. The fourth-order valence-corrected chi connectivity index (χ4v) is 4.18. The molecule has 10 heteroatoms. The Morgan fingerprint density at radius 2 is 2.15 bits per heavy atom. The molecule has 0 unspecified atom stereocenters. The molecule has 0 spiro atoms. The van der Waals surface area contributed by atoms with Gasteiger partial charge in [0.25, 0.3) is 5.91 Å². The third-order valence-electron chi connectivity index (χ3n) is 5.84. The van der Waals surface area contributed by atoms with E-state index in [2.05, 4.69) is 20.6 Å². The minimum absolute atomic E-state index is 0.0116. The molecule has 1 atom stereocenters. The number of nitrogens with one attached hydrogen (secondary N) is 2. The first kappa shape index (κ1) is 21.9. The molecule has 34 heavy (non-hydrogen) atoms. The highest BCUT2D eigenvalue weighted by molar-refractivity contribution is 5.94. The number of nitrogens with zero attached hydrogens (tertiary/aromatic N) is 3. The molecule has 3 aromatic rings. The third kappa shape index (κ3) is 4.44. The summed E-state index contributed by atoms with van der Waals surface area (Å²) in [4.78, 5) is 34.5. The average Bonchev–Trinajstić information content (AvgIpc) is 3.22. The highest BCUT2D eigenvalue weighted by Gasteiger charge is 2.33. The van der Waals surface area contributed by atoms with Crippen LogP contribution in [0.25, 0.3) is 10.9 Å². The molecule has 1 fully saturated rings. The van der Waals surface area contributed by atoms with E-state index in [0.29, 0.717) is 43.5 Å². The van der Waals surface area contributed by atoms with Crippen molar-refractivity contribution in [2.75, 3.05) is 38.7 Å². The van der Waals surface area contributed by atoms with E-state index in [0.717, 1.165) is 28.6 Å². The number of pyridine rings is 2. The van der Waals surface area contributed by atoms with Crippen LogP contribution in [0, 0.1) is 0 Å². The molecule has 0 aliphatic carbocycles. The van der Waals surface area contributed by atoms with E-state index >= 15 is 0 Å². The Labute approximate surface area is 196 Å². The molecule has 2 aliphatic rings. The summed E-state index contributed by atoms with van der Waals surface area (Å²) < 4.78 is 16.4. The first-order valence-corrected chi connectivity index (χ1v) is 11.1. The predicted molar refractivity (Wildman–Crippen MR) is 124 cm³/mol. The molecule has 2 amide bonds. The van der Waals surface area contributed by atoms with Crippen molar-refractivity contribution in [2.45, 2.75) is 19.1 Å². The van der Waals surface area contributed by atoms with E-state index in [1.807, 2.05) is 30.3 Å². The van der Waals surface area contributed by atoms with Crippen LogP contribution in [-0.4, -0.2) is 60.2 Å². The summed E-state index contributed by atoms with van der Waals surface area (Å²) in [5.74, 6) is 1.50. The lowest BCUT2D eigenvalue weighted by molar-refractivity contribution is -0.118. The summed E-state index contributed by atoms with van der Waals surface area (Å²) in [6, 6.07) is 11.3. The van der Waals surface area contributed by atoms with Crippen LogP contribution in [0.5, 0.6) is 11.5 Å². The lowest BCUT2D eigenvalue weighted by Gasteiger charge is -2.17. The maximum atomic E-state index is 12.5. The number of para-hydroxylation sites is 1. The number of cyclic esters (lactones) is 1. The summed E-state index contributed by atoms with van der Waals surface area (Å²) >= 11 is 0. The summed E-state index contributed by atoms with van der Waals surface area (Å²) in [6.45, 7) is 2.32. The van der Waals surface area contributed by atoms with Gasteiger partial charge in [-0.25, -0.2) is 9.78 Å². The number of anilines is 1. The monoisotopic (exact) mass is 463 g/mol. The number of benzene rings is 1. The zero-order chi connectivity index (χ0) is 23.5. The molecule has 2 aromatic heterocycles. The van der Waals surface area contributed by atoms with Gasteiger partial charge >= 0.3 is 6.09 Å².